The molecule has 1 nitrogen and oxygen atoms in total. The van der Waals surface area contributed by atoms with Crippen LogP contribution in [0.2, 0.25) is 0 Å². The summed E-state index contributed by atoms with van der Waals surface area (Å²) in [5.41, 5.74) is 0. The summed E-state index contributed by atoms with van der Waals surface area (Å²) in [6, 6.07) is 0.618. The minimum atomic E-state index is 0.618. The average Bonchev–Trinajstić information content (AvgIpc) is 2.17. The van der Waals surface area contributed by atoms with Gasteiger partial charge in [-0.15, -0.1) is 0 Å². The lowest BCUT2D eigenvalue weighted by molar-refractivity contribution is -0.791. The topological polar surface area (TPSA) is 0 Å². The number of hydrogen-bond donors (Lipinski definition) is 0. The highest BCUT2D eigenvalue weighted by Crippen LogP contribution is 2.11. The van der Waals surface area contributed by atoms with Gasteiger partial charge in [-0.05, 0) is 12.2 Å². The van der Waals surface area contributed by atoms with Gasteiger partial charge in [-0.2, -0.15) is 0 Å². The maximum absolute atomic E-state index is 5.62. The van der Waals surface area contributed by atoms with E-state index in [9.17, 15) is 0 Å². The normalized spacial score (nSPS) is 22.2. The van der Waals surface area contributed by atoms with Gasteiger partial charge < -0.3 is 0 Å². The zero-order valence-corrected chi connectivity index (χ0v) is 5.60. The molecule has 8 heavy (non-hydrogen) atoms. The van der Waals surface area contributed by atoms with E-state index in [1.807, 2.05) is 31.6 Å². The Morgan fingerprint density at radius 1 is 1.38 bits per heavy atom. The molecule has 0 fully saturated rings. The SMILES string of the molecule is C[N+]1(CCl)C=CC=C1. The van der Waals surface area contributed by atoms with Crippen LogP contribution >= 0.6 is 11.6 Å². The Hall–Kier alpha value is -0.270. The molecule has 0 radical (unpaired) electrons. The van der Waals surface area contributed by atoms with Gasteiger partial charge in [0.2, 0.25) is 0 Å². The van der Waals surface area contributed by atoms with Crippen LogP contribution in [0, 0.1) is 0 Å². The molecule has 0 aromatic heterocycles. The van der Waals surface area contributed by atoms with Crippen LogP contribution in [0.25, 0.3) is 0 Å². The molecule has 1 aliphatic heterocycles. The summed E-state index contributed by atoms with van der Waals surface area (Å²) >= 11 is 5.62. The molecule has 0 saturated carbocycles. The smallest absolute Gasteiger partial charge is 0.163 e. The van der Waals surface area contributed by atoms with Gasteiger partial charge in [-0.1, -0.05) is 11.6 Å². The van der Waals surface area contributed by atoms with Crippen LogP contribution in [0.4, 0.5) is 0 Å². The Balaban J connectivity index is 2.69. The number of halogens is 1. The molecule has 0 amide bonds. The van der Waals surface area contributed by atoms with E-state index in [-0.39, 0.29) is 0 Å². The molecule has 1 rings (SSSR count). The lowest BCUT2D eigenvalue weighted by atomic mass is 10.6. The molecule has 0 aliphatic carbocycles. The van der Waals surface area contributed by atoms with Gasteiger partial charge in [0.05, 0.1) is 7.05 Å². The number of quaternary nitrogens is 1. The molecule has 0 bridgehead atoms. The van der Waals surface area contributed by atoms with E-state index in [4.69, 9.17) is 11.6 Å². The summed E-state index contributed by atoms with van der Waals surface area (Å²) in [6.07, 6.45) is 8.10. The van der Waals surface area contributed by atoms with E-state index in [0.29, 0.717) is 6.00 Å². The van der Waals surface area contributed by atoms with Gasteiger partial charge in [-0.25, -0.2) is 0 Å². The third-order valence-electron chi connectivity index (χ3n) is 1.22. The van der Waals surface area contributed by atoms with Crippen molar-refractivity contribution >= 4 is 11.6 Å². The molecule has 0 saturated heterocycles. The predicted octanol–water partition coefficient (Wildman–Crippen LogP) is 1.67. The number of hydrogen-bond acceptors (Lipinski definition) is 0. The zero-order chi connectivity index (χ0) is 6.04. The molecule has 0 spiro atoms. The predicted molar refractivity (Wildman–Crippen MR) is 35.2 cm³/mol. The first-order chi connectivity index (χ1) is 3.77. The van der Waals surface area contributed by atoms with Gasteiger partial charge >= 0.3 is 0 Å². The molecule has 2 heteroatoms. The summed E-state index contributed by atoms with van der Waals surface area (Å²) in [5.74, 6) is 0. The molecule has 1 heterocycles. The van der Waals surface area contributed by atoms with Crippen molar-refractivity contribution in [1.82, 2.24) is 0 Å². The van der Waals surface area contributed by atoms with Crippen molar-refractivity contribution in [1.29, 1.82) is 0 Å². The van der Waals surface area contributed by atoms with E-state index in [1.165, 1.54) is 0 Å². The van der Waals surface area contributed by atoms with Crippen molar-refractivity contribution in [2.45, 2.75) is 0 Å². The Kier molecular flexibility index (Phi) is 1.41. The summed E-state index contributed by atoms with van der Waals surface area (Å²) in [7, 11) is 2.05. The third-order valence-corrected chi connectivity index (χ3v) is 1.74. The van der Waals surface area contributed by atoms with Gasteiger partial charge in [0.15, 0.2) is 6.00 Å². The van der Waals surface area contributed by atoms with E-state index >= 15 is 0 Å². The van der Waals surface area contributed by atoms with Crippen molar-refractivity contribution in [3.8, 4) is 0 Å². The van der Waals surface area contributed by atoms with Crippen LogP contribution in [0.15, 0.2) is 24.6 Å². The van der Waals surface area contributed by atoms with Crippen molar-refractivity contribution in [2.75, 3.05) is 13.1 Å². The summed E-state index contributed by atoms with van der Waals surface area (Å²) in [4.78, 5) is 0. The highest BCUT2D eigenvalue weighted by molar-refractivity contribution is 6.17. The van der Waals surface area contributed by atoms with Crippen molar-refractivity contribution in [3.05, 3.63) is 24.6 Å². The third kappa shape index (κ3) is 0.932. The fourth-order valence-corrected chi connectivity index (χ4v) is 0.781. The maximum Gasteiger partial charge on any atom is 0.163 e. The van der Waals surface area contributed by atoms with Crippen LogP contribution in [-0.2, 0) is 0 Å². The highest BCUT2D eigenvalue weighted by Gasteiger charge is 2.14. The molecule has 0 unspecified atom stereocenters. The molecule has 0 N–H and O–H groups in total. The Bertz CT molecular complexity index is 125. The van der Waals surface area contributed by atoms with Crippen molar-refractivity contribution < 1.29 is 4.48 Å². The van der Waals surface area contributed by atoms with E-state index in [0.717, 1.165) is 4.48 Å². The molecule has 1 aliphatic rings. The monoisotopic (exact) mass is 130 g/mol. The summed E-state index contributed by atoms with van der Waals surface area (Å²) < 4.78 is 0.724. The summed E-state index contributed by atoms with van der Waals surface area (Å²) in [6.45, 7) is 0. The standard InChI is InChI=1S/C6H9ClN/c1-8(6-7)4-2-3-5-8/h2-5H,6H2,1H3/q+1. The van der Waals surface area contributed by atoms with Gasteiger partial charge in [0.25, 0.3) is 0 Å². The lowest BCUT2D eigenvalue weighted by Crippen LogP contribution is -2.27. The molecule has 0 atom stereocenters. The van der Waals surface area contributed by atoms with Gasteiger partial charge in [-0.3, -0.25) is 4.48 Å². The van der Waals surface area contributed by atoms with E-state index < -0.39 is 0 Å². The zero-order valence-electron chi connectivity index (χ0n) is 4.84. The Morgan fingerprint density at radius 3 is 2.12 bits per heavy atom. The van der Waals surface area contributed by atoms with E-state index in [1.54, 1.807) is 0 Å². The second kappa shape index (κ2) is 1.92. The highest BCUT2D eigenvalue weighted by atomic mass is 35.5. The molecular formula is C6H9ClN+. The second-order valence-electron chi connectivity index (χ2n) is 2.15. The minimum Gasteiger partial charge on any atom is -0.261 e. The minimum absolute atomic E-state index is 0.618. The van der Waals surface area contributed by atoms with Gasteiger partial charge in [0, 0.05) is 0 Å². The van der Waals surface area contributed by atoms with Crippen molar-refractivity contribution in [2.24, 2.45) is 0 Å². The fourth-order valence-electron chi connectivity index (χ4n) is 0.622. The van der Waals surface area contributed by atoms with Crippen LogP contribution in [0.5, 0.6) is 0 Å². The van der Waals surface area contributed by atoms with E-state index in [2.05, 4.69) is 0 Å². The largest absolute Gasteiger partial charge is 0.261 e. The molecule has 0 aromatic carbocycles. The Morgan fingerprint density at radius 2 is 1.88 bits per heavy atom. The number of nitrogens with zero attached hydrogens (tertiary/aromatic N) is 1. The second-order valence-corrected chi connectivity index (χ2v) is 2.39. The first-order valence-electron chi connectivity index (χ1n) is 2.55. The van der Waals surface area contributed by atoms with Crippen LogP contribution in [0.1, 0.15) is 0 Å². The van der Waals surface area contributed by atoms with Crippen molar-refractivity contribution in [3.63, 3.8) is 0 Å². The summed E-state index contributed by atoms with van der Waals surface area (Å²) in [5, 5.41) is 0. The molecular weight excluding hydrogens is 122 g/mol. The number of allylic oxidation sites excluding steroid dienone is 2. The quantitative estimate of drug-likeness (QED) is 0.288. The maximum atomic E-state index is 5.62. The molecule has 44 valence electrons. The first kappa shape index (κ1) is 5.86. The van der Waals surface area contributed by atoms with Crippen LogP contribution < -0.4 is 0 Å². The van der Waals surface area contributed by atoms with Crippen LogP contribution in [0.3, 0.4) is 0 Å². The number of rotatable bonds is 1. The average molecular weight is 131 g/mol. The lowest BCUT2D eigenvalue weighted by Gasteiger charge is -2.18. The number of alkyl halides is 1. The van der Waals surface area contributed by atoms with Gasteiger partial charge in [0.1, 0.15) is 12.4 Å². The van der Waals surface area contributed by atoms with Crippen LogP contribution in [-0.4, -0.2) is 17.5 Å². The first-order valence-corrected chi connectivity index (χ1v) is 3.08. The Labute approximate surface area is 54.5 Å². The molecule has 0 aromatic rings. The fraction of sp³-hybridized carbons (Fsp3) is 0.333.